The highest BCUT2D eigenvalue weighted by Crippen LogP contribution is 2.36. The Bertz CT molecular complexity index is 807. The van der Waals surface area contributed by atoms with Crippen LogP contribution in [0.25, 0.3) is 0 Å². The lowest BCUT2D eigenvalue weighted by atomic mass is 10.0. The number of amides is 1. The first-order valence-corrected chi connectivity index (χ1v) is 7.55. The first-order valence-electron chi connectivity index (χ1n) is 7.55. The first-order chi connectivity index (χ1) is 11.4. The van der Waals surface area contributed by atoms with Crippen LogP contribution in [0.2, 0.25) is 0 Å². The number of carbonyl (C=O) groups excluding carboxylic acids is 2. The third kappa shape index (κ3) is 3.22. The molecule has 1 atom stereocenters. The molecule has 0 aliphatic carbocycles. The monoisotopic (exact) mass is 328 g/mol. The number of nitrogens with two attached hydrogens (primary N) is 1. The van der Waals surface area contributed by atoms with Crippen molar-refractivity contribution in [3.05, 3.63) is 53.8 Å². The number of fused-ring (bicyclic) bond motifs is 1. The molecule has 1 amide bonds. The van der Waals surface area contributed by atoms with E-state index in [-0.39, 0.29) is 30.5 Å². The zero-order valence-corrected chi connectivity index (χ0v) is 13.2. The normalized spacial score (nSPS) is 16.5. The quantitative estimate of drug-likeness (QED) is 0.874. The van der Waals surface area contributed by atoms with Gasteiger partial charge in [-0.1, -0.05) is 12.1 Å². The fourth-order valence-electron chi connectivity index (χ4n) is 2.74. The fourth-order valence-corrected chi connectivity index (χ4v) is 2.74. The average Bonchev–Trinajstić information content (AvgIpc) is 2.51. The Hall–Kier alpha value is -2.89. The number of hydrogen-bond donors (Lipinski definition) is 1. The molecule has 3 rings (SSSR count). The van der Waals surface area contributed by atoms with E-state index in [1.165, 1.54) is 24.0 Å². The van der Waals surface area contributed by atoms with Crippen LogP contribution in [0.1, 0.15) is 12.5 Å². The van der Waals surface area contributed by atoms with E-state index >= 15 is 0 Å². The molecule has 0 saturated carbocycles. The second kappa shape index (κ2) is 6.31. The van der Waals surface area contributed by atoms with Gasteiger partial charge in [0.05, 0.1) is 12.2 Å². The Morgan fingerprint density at radius 3 is 2.79 bits per heavy atom. The molecule has 0 radical (unpaired) electrons. The minimum atomic E-state index is -0.833. The molecule has 6 heteroatoms. The minimum absolute atomic E-state index is 0.0429. The number of halogens is 1. The van der Waals surface area contributed by atoms with E-state index in [0.29, 0.717) is 22.7 Å². The van der Waals surface area contributed by atoms with Gasteiger partial charge in [-0.25, -0.2) is 4.39 Å². The third-order valence-corrected chi connectivity index (χ3v) is 3.78. The van der Waals surface area contributed by atoms with Gasteiger partial charge >= 0.3 is 0 Å². The van der Waals surface area contributed by atoms with E-state index in [9.17, 15) is 14.0 Å². The maximum absolute atomic E-state index is 13.4. The van der Waals surface area contributed by atoms with Gasteiger partial charge < -0.3 is 10.5 Å². The number of carbonyl (C=O) groups is 2. The van der Waals surface area contributed by atoms with Gasteiger partial charge in [0.1, 0.15) is 17.3 Å². The molecule has 2 aromatic rings. The largest absolute Gasteiger partial charge is 0.478 e. The van der Waals surface area contributed by atoms with Crippen LogP contribution in [-0.4, -0.2) is 24.3 Å². The van der Waals surface area contributed by atoms with Crippen LogP contribution in [0.15, 0.2) is 42.5 Å². The number of benzene rings is 2. The van der Waals surface area contributed by atoms with Crippen molar-refractivity contribution in [3.63, 3.8) is 0 Å². The van der Waals surface area contributed by atoms with E-state index in [0.717, 1.165) is 0 Å². The van der Waals surface area contributed by atoms with Crippen LogP contribution in [0.5, 0.6) is 5.75 Å². The Morgan fingerprint density at radius 1 is 1.29 bits per heavy atom. The predicted octanol–water partition coefficient (Wildman–Crippen LogP) is 2.33. The number of nitrogen functional groups attached to an aromatic ring is 1. The summed E-state index contributed by atoms with van der Waals surface area (Å²) in [7, 11) is 0. The van der Waals surface area contributed by atoms with Gasteiger partial charge in [-0.05, 0) is 36.8 Å². The molecular weight excluding hydrogens is 311 g/mol. The van der Waals surface area contributed by atoms with Crippen molar-refractivity contribution in [2.24, 2.45) is 0 Å². The highest BCUT2D eigenvalue weighted by atomic mass is 19.1. The summed E-state index contributed by atoms with van der Waals surface area (Å²) in [5.41, 5.74) is 7.43. The Kier molecular flexibility index (Phi) is 4.20. The van der Waals surface area contributed by atoms with Gasteiger partial charge in [-0.3, -0.25) is 14.5 Å². The molecule has 0 aromatic heterocycles. The average molecular weight is 328 g/mol. The Balaban J connectivity index is 1.94. The standard InChI is InChI=1S/C18H17FN2O3/c1-11(22)10-21-15-6-5-14(20)9-16(15)24-17(18(21)23)8-12-3-2-4-13(19)7-12/h2-7,9,17H,8,10,20H2,1H3. The molecule has 0 fully saturated rings. The molecule has 1 aliphatic heterocycles. The molecule has 124 valence electrons. The topological polar surface area (TPSA) is 72.6 Å². The molecular formula is C18H17FN2O3. The minimum Gasteiger partial charge on any atom is -0.478 e. The molecule has 0 bridgehead atoms. The molecule has 0 saturated heterocycles. The summed E-state index contributed by atoms with van der Waals surface area (Å²) in [6.07, 6.45) is -0.625. The highest BCUT2D eigenvalue weighted by molar-refractivity contribution is 6.04. The van der Waals surface area contributed by atoms with Crippen LogP contribution in [0, 0.1) is 5.82 Å². The van der Waals surface area contributed by atoms with E-state index in [1.807, 2.05) is 0 Å². The van der Waals surface area contributed by atoms with E-state index in [1.54, 1.807) is 30.3 Å². The summed E-state index contributed by atoms with van der Waals surface area (Å²) in [4.78, 5) is 25.6. The summed E-state index contributed by atoms with van der Waals surface area (Å²) < 4.78 is 19.1. The second-order valence-corrected chi connectivity index (χ2v) is 5.79. The molecule has 1 heterocycles. The summed E-state index contributed by atoms with van der Waals surface area (Å²) in [5.74, 6) is -0.400. The lowest BCUT2D eigenvalue weighted by Gasteiger charge is -2.34. The van der Waals surface area contributed by atoms with Gasteiger partial charge in [0.15, 0.2) is 6.10 Å². The van der Waals surface area contributed by atoms with Crippen molar-refractivity contribution < 1.29 is 18.7 Å². The molecule has 24 heavy (non-hydrogen) atoms. The molecule has 2 N–H and O–H groups in total. The lowest BCUT2D eigenvalue weighted by Crippen LogP contribution is -2.48. The van der Waals surface area contributed by atoms with Crippen molar-refractivity contribution in [1.29, 1.82) is 0 Å². The van der Waals surface area contributed by atoms with E-state index in [2.05, 4.69) is 0 Å². The number of Topliss-reactive ketones (excluding diaryl/α,β-unsaturated/α-hetero) is 1. The maximum Gasteiger partial charge on any atom is 0.268 e. The van der Waals surface area contributed by atoms with Gasteiger partial charge in [-0.15, -0.1) is 0 Å². The number of rotatable bonds is 4. The van der Waals surface area contributed by atoms with Crippen LogP contribution in [0.3, 0.4) is 0 Å². The number of anilines is 2. The number of hydrogen-bond acceptors (Lipinski definition) is 4. The fraction of sp³-hybridized carbons (Fsp3) is 0.222. The highest BCUT2D eigenvalue weighted by Gasteiger charge is 2.35. The second-order valence-electron chi connectivity index (χ2n) is 5.79. The maximum atomic E-state index is 13.4. The van der Waals surface area contributed by atoms with Crippen molar-refractivity contribution in [1.82, 2.24) is 0 Å². The van der Waals surface area contributed by atoms with Crippen LogP contribution < -0.4 is 15.4 Å². The Morgan fingerprint density at radius 2 is 2.08 bits per heavy atom. The number of ketones is 1. The van der Waals surface area contributed by atoms with Crippen LogP contribution >= 0.6 is 0 Å². The zero-order chi connectivity index (χ0) is 17.3. The molecule has 1 unspecified atom stereocenters. The van der Waals surface area contributed by atoms with E-state index in [4.69, 9.17) is 10.5 Å². The number of ether oxygens (including phenoxy) is 1. The van der Waals surface area contributed by atoms with Crippen LogP contribution in [-0.2, 0) is 16.0 Å². The first kappa shape index (κ1) is 16.0. The summed E-state index contributed by atoms with van der Waals surface area (Å²) in [6, 6.07) is 10.9. The van der Waals surface area contributed by atoms with Crippen LogP contribution in [0.4, 0.5) is 15.8 Å². The van der Waals surface area contributed by atoms with Gasteiger partial charge in [0, 0.05) is 18.2 Å². The molecule has 2 aromatic carbocycles. The summed E-state index contributed by atoms with van der Waals surface area (Å²) >= 11 is 0. The molecule has 1 aliphatic rings. The van der Waals surface area contributed by atoms with Gasteiger partial charge in [0.2, 0.25) is 0 Å². The molecule has 0 spiro atoms. The smallest absolute Gasteiger partial charge is 0.268 e. The third-order valence-electron chi connectivity index (χ3n) is 3.78. The van der Waals surface area contributed by atoms with Gasteiger partial charge in [0.25, 0.3) is 5.91 Å². The molecule has 5 nitrogen and oxygen atoms in total. The van der Waals surface area contributed by atoms with E-state index < -0.39 is 6.10 Å². The van der Waals surface area contributed by atoms with Crippen molar-refractivity contribution in [2.45, 2.75) is 19.4 Å². The van der Waals surface area contributed by atoms with Crippen molar-refractivity contribution in [2.75, 3.05) is 17.2 Å². The van der Waals surface area contributed by atoms with Gasteiger partial charge in [-0.2, -0.15) is 0 Å². The van der Waals surface area contributed by atoms with Crippen molar-refractivity contribution in [3.8, 4) is 5.75 Å². The predicted molar refractivity (Wildman–Crippen MR) is 88.4 cm³/mol. The summed E-state index contributed by atoms with van der Waals surface area (Å²) in [6.45, 7) is 1.38. The number of nitrogens with zero attached hydrogens (tertiary/aromatic N) is 1. The Labute approximate surface area is 138 Å². The lowest BCUT2D eigenvalue weighted by molar-refractivity contribution is -0.128. The SMILES string of the molecule is CC(=O)CN1C(=O)C(Cc2cccc(F)c2)Oc2cc(N)ccc21. The summed E-state index contributed by atoms with van der Waals surface area (Å²) in [5, 5.41) is 0. The zero-order valence-electron chi connectivity index (χ0n) is 13.2. The van der Waals surface area contributed by atoms with Crippen molar-refractivity contribution >= 4 is 23.1 Å².